The van der Waals surface area contributed by atoms with Crippen molar-refractivity contribution in [1.29, 1.82) is 0 Å². The molecule has 114 valence electrons. The second-order valence-electron chi connectivity index (χ2n) is 5.37. The Labute approximate surface area is 130 Å². The minimum Gasteiger partial charge on any atom is -0.497 e. The number of benzene rings is 2. The molecule has 3 aromatic rings. The van der Waals surface area contributed by atoms with Gasteiger partial charge in [0.1, 0.15) is 11.5 Å². The predicted octanol–water partition coefficient (Wildman–Crippen LogP) is 3.60. The van der Waals surface area contributed by atoms with Crippen LogP contribution in [0.15, 0.2) is 42.6 Å². The lowest BCUT2D eigenvalue weighted by Gasteiger charge is -2.12. The van der Waals surface area contributed by atoms with E-state index in [9.17, 15) is 0 Å². The zero-order valence-electron chi connectivity index (χ0n) is 13.1. The van der Waals surface area contributed by atoms with Gasteiger partial charge in [-0.05, 0) is 36.6 Å². The SMILES string of the molecule is COc1ccc(Cn2cc3ccc(N)cc3c2C)c(OC)c1. The van der Waals surface area contributed by atoms with E-state index in [1.165, 1.54) is 16.5 Å². The minimum absolute atomic E-state index is 0.744. The van der Waals surface area contributed by atoms with Crippen LogP contribution in [-0.2, 0) is 6.54 Å². The number of rotatable bonds is 4. The number of nitrogens with two attached hydrogens (primary N) is 1. The molecule has 0 aliphatic heterocycles. The van der Waals surface area contributed by atoms with Crippen molar-refractivity contribution < 1.29 is 9.47 Å². The van der Waals surface area contributed by atoms with Crippen molar-refractivity contribution in [2.24, 2.45) is 0 Å². The molecule has 0 unspecified atom stereocenters. The lowest BCUT2D eigenvalue weighted by molar-refractivity contribution is 0.390. The molecular weight excluding hydrogens is 276 g/mol. The third kappa shape index (κ3) is 2.48. The lowest BCUT2D eigenvalue weighted by Crippen LogP contribution is -2.02. The summed E-state index contributed by atoms with van der Waals surface area (Å²) in [6.45, 7) is 2.85. The van der Waals surface area contributed by atoms with Crippen molar-refractivity contribution in [3.8, 4) is 11.5 Å². The molecule has 1 aromatic heterocycles. The number of methoxy groups -OCH3 is 2. The van der Waals surface area contributed by atoms with E-state index >= 15 is 0 Å². The number of aromatic nitrogens is 1. The standard InChI is InChI=1S/C18H20N2O2/c1-12-17-8-15(19)6-4-13(17)10-20(12)11-14-5-7-16(21-2)9-18(14)22-3/h4-10H,11,19H2,1-3H3. The summed E-state index contributed by atoms with van der Waals surface area (Å²) in [6, 6.07) is 11.9. The molecule has 2 aromatic carbocycles. The average molecular weight is 296 g/mol. The van der Waals surface area contributed by atoms with Crippen LogP contribution in [-0.4, -0.2) is 18.8 Å². The maximum absolute atomic E-state index is 5.89. The molecule has 4 heteroatoms. The second-order valence-corrected chi connectivity index (χ2v) is 5.37. The molecule has 0 aliphatic carbocycles. The van der Waals surface area contributed by atoms with Gasteiger partial charge in [-0.1, -0.05) is 6.07 Å². The van der Waals surface area contributed by atoms with E-state index in [1.807, 2.05) is 30.3 Å². The zero-order chi connectivity index (χ0) is 15.7. The van der Waals surface area contributed by atoms with Gasteiger partial charge in [-0.15, -0.1) is 0 Å². The summed E-state index contributed by atoms with van der Waals surface area (Å²) in [5, 5.41) is 2.38. The number of anilines is 1. The number of hydrogen-bond acceptors (Lipinski definition) is 3. The molecule has 4 nitrogen and oxygen atoms in total. The number of nitrogens with zero attached hydrogens (tertiary/aromatic N) is 1. The first kappa shape index (κ1) is 14.3. The zero-order valence-corrected chi connectivity index (χ0v) is 13.1. The van der Waals surface area contributed by atoms with Gasteiger partial charge in [-0.2, -0.15) is 0 Å². The van der Waals surface area contributed by atoms with Crippen LogP contribution in [0.25, 0.3) is 10.8 Å². The van der Waals surface area contributed by atoms with Crippen LogP contribution in [0.3, 0.4) is 0 Å². The molecule has 0 atom stereocenters. The highest BCUT2D eigenvalue weighted by Gasteiger charge is 2.10. The summed E-state index contributed by atoms with van der Waals surface area (Å²) in [6.07, 6.45) is 2.15. The van der Waals surface area contributed by atoms with Crippen LogP contribution in [0.4, 0.5) is 5.69 Å². The number of ether oxygens (including phenoxy) is 2. The summed E-state index contributed by atoms with van der Waals surface area (Å²) in [5.74, 6) is 1.62. The molecule has 2 N–H and O–H groups in total. The van der Waals surface area contributed by atoms with E-state index in [0.717, 1.165) is 29.3 Å². The Morgan fingerprint density at radius 3 is 2.59 bits per heavy atom. The fourth-order valence-electron chi connectivity index (χ4n) is 2.75. The van der Waals surface area contributed by atoms with E-state index in [2.05, 4.69) is 23.8 Å². The molecule has 0 spiro atoms. The van der Waals surface area contributed by atoms with Gasteiger partial charge in [-0.3, -0.25) is 0 Å². The van der Waals surface area contributed by atoms with Gasteiger partial charge in [-0.25, -0.2) is 0 Å². The molecule has 0 amide bonds. The molecule has 0 saturated carbocycles. The predicted molar refractivity (Wildman–Crippen MR) is 89.7 cm³/mol. The van der Waals surface area contributed by atoms with Crippen molar-refractivity contribution in [1.82, 2.24) is 4.57 Å². The summed E-state index contributed by atoms with van der Waals surface area (Å²) in [5.41, 5.74) is 8.98. The number of nitrogen functional groups attached to an aromatic ring is 1. The fraction of sp³-hybridized carbons (Fsp3) is 0.222. The molecular formula is C18H20N2O2. The normalized spacial score (nSPS) is 10.9. The van der Waals surface area contributed by atoms with Gasteiger partial charge in [0.2, 0.25) is 0 Å². The Morgan fingerprint density at radius 2 is 1.86 bits per heavy atom. The Hall–Kier alpha value is -2.62. The largest absolute Gasteiger partial charge is 0.497 e. The van der Waals surface area contributed by atoms with Gasteiger partial charge in [0, 0.05) is 34.6 Å². The molecule has 3 rings (SSSR count). The maximum Gasteiger partial charge on any atom is 0.127 e. The van der Waals surface area contributed by atoms with Crippen molar-refractivity contribution in [2.75, 3.05) is 20.0 Å². The number of fused-ring (bicyclic) bond motifs is 1. The van der Waals surface area contributed by atoms with Gasteiger partial charge in [0.25, 0.3) is 0 Å². The van der Waals surface area contributed by atoms with Crippen molar-refractivity contribution in [2.45, 2.75) is 13.5 Å². The highest BCUT2D eigenvalue weighted by Crippen LogP contribution is 2.28. The van der Waals surface area contributed by atoms with Crippen LogP contribution in [0.5, 0.6) is 11.5 Å². The summed E-state index contributed by atoms with van der Waals surface area (Å²) in [7, 11) is 3.33. The third-order valence-electron chi connectivity index (χ3n) is 4.03. The Kier molecular flexibility index (Phi) is 3.67. The summed E-state index contributed by atoms with van der Waals surface area (Å²) in [4.78, 5) is 0. The number of aryl methyl sites for hydroxylation is 1. The van der Waals surface area contributed by atoms with Crippen LogP contribution in [0.2, 0.25) is 0 Å². The molecule has 0 radical (unpaired) electrons. The first-order valence-electron chi connectivity index (χ1n) is 7.18. The van der Waals surface area contributed by atoms with Crippen molar-refractivity contribution >= 4 is 16.5 Å². The third-order valence-corrected chi connectivity index (χ3v) is 4.03. The summed E-state index contributed by atoms with van der Waals surface area (Å²) < 4.78 is 12.9. The Balaban J connectivity index is 2.01. The lowest BCUT2D eigenvalue weighted by atomic mass is 10.1. The monoisotopic (exact) mass is 296 g/mol. The van der Waals surface area contributed by atoms with Crippen LogP contribution < -0.4 is 15.2 Å². The Bertz CT molecular complexity index is 821. The van der Waals surface area contributed by atoms with Crippen LogP contribution in [0.1, 0.15) is 11.3 Å². The number of hydrogen-bond donors (Lipinski definition) is 1. The molecule has 0 saturated heterocycles. The fourth-order valence-corrected chi connectivity index (χ4v) is 2.75. The van der Waals surface area contributed by atoms with Gasteiger partial charge in [0.15, 0.2) is 0 Å². The first-order valence-corrected chi connectivity index (χ1v) is 7.18. The van der Waals surface area contributed by atoms with E-state index in [1.54, 1.807) is 14.2 Å². The van der Waals surface area contributed by atoms with E-state index in [4.69, 9.17) is 15.2 Å². The molecule has 0 aliphatic rings. The highest BCUT2D eigenvalue weighted by atomic mass is 16.5. The van der Waals surface area contributed by atoms with E-state index in [0.29, 0.717) is 0 Å². The molecule has 22 heavy (non-hydrogen) atoms. The second kappa shape index (κ2) is 5.64. The van der Waals surface area contributed by atoms with Gasteiger partial charge in [0.05, 0.1) is 20.8 Å². The molecule has 0 bridgehead atoms. The highest BCUT2D eigenvalue weighted by molar-refractivity contribution is 5.88. The Morgan fingerprint density at radius 1 is 1.05 bits per heavy atom. The van der Waals surface area contributed by atoms with Crippen molar-refractivity contribution in [3.63, 3.8) is 0 Å². The van der Waals surface area contributed by atoms with Crippen molar-refractivity contribution in [3.05, 3.63) is 53.9 Å². The molecule has 0 fully saturated rings. The van der Waals surface area contributed by atoms with Crippen LogP contribution in [0, 0.1) is 6.92 Å². The maximum atomic E-state index is 5.89. The summed E-state index contributed by atoms with van der Waals surface area (Å²) >= 11 is 0. The molecule has 1 heterocycles. The minimum atomic E-state index is 0.744. The van der Waals surface area contributed by atoms with Gasteiger partial charge >= 0.3 is 0 Å². The van der Waals surface area contributed by atoms with E-state index < -0.39 is 0 Å². The average Bonchev–Trinajstić information content (AvgIpc) is 2.84. The first-order chi connectivity index (χ1) is 10.6. The van der Waals surface area contributed by atoms with Crippen LogP contribution >= 0.6 is 0 Å². The quantitative estimate of drug-likeness (QED) is 0.748. The van der Waals surface area contributed by atoms with E-state index in [-0.39, 0.29) is 0 Å². The van der Waals surface area contributed by atoms with Gasteiger partial charge < -0.3 is 19.8 Å². The topological polar surface area (TPSA) is 49.4 Å². The smallest absolute Gasteiger partial charge is 0.127 e.